The molecule has 2 aliphatic rings. The minimum atomic E-state index is -4.78. The van der Waals surface area contributed by atoms with E-state index in [9.17, 15) is 22.4 Å². The van der Waals surface area contributed by atoms with Crippen LogP contribution in [0.5, 0.6) is 11.6 Å². The van der Waals surface area contributed by atoms with Crippen LogP contribution in [0.3, 0.4) is 0 Å². The second-order valence-corrected chi connectivity index (χ2v) is 7.54. The fourth-order valence-corrected chi connectivity index (χ4v) is 3.91. The molecule has 2 aromatic rings. The van der Waals surface area contributed by atoms with Crippen LogP contribution in [-0.2, 0) is 19.8 Å². The monoisotopic (exact) mass is 488 g/mol. The van der Waals surface area contributed by atoms with E-state index in [2.05, 4.69) is 9.72 Å². The largest absolute Gasteiger partial charge is 0.522 e. The van der Waals surface area contributed by atoms with E-state index in [1.807, 2.05) is 0 Å². The smallest absolute Gasteiger partial charge is 0.486 e. The summed E-state index contributed by atoms with van der Waals surface area (Å²) in [6.07, 6.45) is -5.58. The Morgan fingerprint density at radius 3 is 2.88 bits per heavy atom. The molecular weight excluding hydrogens is 464 g/mol. The molecule has 0 aliphatic carbocycles. The zero-order valence-electron chi connectivity index (χ0n) is 19.9. The fraction of sp³-hybridized carbons (Fsp3) is 0.455. The Hall–Kier alpha value is -2.96. The zero-order valence-corrected chi connectivity index (χ0v) is 17.9. The molecule has 2 unspecified atom stereocenters. The lowest BCUT2D eigenvalue weighted by molar-refractivity contribution is -0.325. The standard InChI is InChI=1S/C22H22F4N2O6/c1-30-19-17(31-9-10-33-22(24,25)26)6-5-16(27-19)20(29)28-8-7-21(18(12-28)32-13-34-21)14-3-2-4-15(23)11-14/h2-6,11,18H,7-10,12-13H2,1H3/i13D2. The summed E-state index contributed by atoms with van der Waals surface area (Å²) >= 11 is 0. The van der Waals surface area contributed by atoms with Crippen molar-refractivity contribution in [3.8, 4) is 11.6 Å². The Bertz CT molecular complexity index is 1120. The van der Waals surface area contributed by atoms with Crippen molar-refractivity contribution < 1.29 is 48.8 Å². The summed E-state index contributed by atoms with van der Waals surface area (Å²) in [7, 11) is 1.26. The third kappa shape index (κ3) is 5.08. The first kappa shape index (κ1) is 21.6. The van der Waals surface area contributed by atoms with E-state index in [0.717, 1.165) is 0 Å². The maximum atomic E-state index is 13.9. The van der Waals surface area contributed by atoms with Gasteiger partial charge in [0.25, 0.3) is 11.8 Å². The molecule has 2 saturated heterocycles. The van der Waals surface area contributed by atoms with Gasteiger partial charge in [-0.25, -0.2) is 9.37 Å². The van der Waals surface area contributed by atoms with Crippen LogP contribution in [0.15, 0.2) is 36.4 Å². The van der Waals surface area contributed by atoms with Crippen LogP contribution in [0.1, 0.15) is 25.2 Å². The van der Waals surface area contributed by atoms with E-state index >= 15 is 0 Å². The molecular formula is C22H22F4N2O6. The van der Waals surface area contributed by atoms with Crippen molar-refractivity contribution in [2.45, 2.75) is 24.5 Å². The number of ether oxygens (including phenoxy) is 5. The first-order valence-electron chi connectivity index (χ1n) is 11.2. The Labute approximate surface area is 195 Å². The number of aromatic nitrogens is 1. The SMILES string of the molecule is [2H]C1([2H])OC2CN(C(=O)c3ccc(OCCOC(F)(F)F)c(OC)n3)CCC2(c2cccc(F)c2)O1. The maximum Gasteiger partial charge on any atom is 0.522 e. The highest BCUT2D eigenvalue weighted by molar-refractivity contribution is 5.92. The summed E-state index contributed by atoms with van der Waals surface area (Å²) in [6, 6.07) is 8.27. The first-order chi connectivity index (χ1) is 16.9. The number of nitrogens with zero attached hydrogens (tertiary/aromatic N) is 2. The van der Waals surface area contributed by atoms with E-state index in [1.165, 1.54) is 42.3 Å². The molecule has 184 valence electrons. The number of methoxy groups -OCH3 is 1. The number of likely N-dealkylation sites (tertiary alicyclic amines) is 1. The van der Waals surface area contributed by atoms with Crippen molar-refractivity contribution in [1.29, 1.82) is 0 Å². The zero-order chi connectivity index (χ0) is 26.1. The van der Waals surface area contributed by atoms with Gasteiger partial charge in [-0.15, -0.1) is 13.2 Å². The van der Waals surface area contributed by atoms with E-state index in [4.69, 9.17) is 21.7 Å². The van der Waals surface area contributed by atoms with Gasteiger partial charge in [0, 0.05) is 13.0 Å². The number of fused-ring (bicyclic) bond motifs is 1. The number of rotatable bonds is 7. The van der Waals surface area contributed by atoms with Crippen molar-refractivity contribution in [2.75, 3.05) is 40.2 Å². The normalized spacial score (nSPS) is 24.7. The second kappa shape index (κ2) is 9.72. The molecule has 0 spiro atoms. The molecule has 0 radical (unpaired) electrons. The lowest BCUT2D eigenvalue weighted by Crippen LogP contribution is -2.53. The highest BCUT2D eigenvalue weighted by Crippen LogP contribution is 2.43. The number of amides is 1. The van der Waals surface area contributed by atoms with E-state index in [0.29, 0.717) is 5.56 Å². The molecule has 0 saturated carbocycles. The average Bonchev–Trinajstić information content (AvgIpc) is 3.11. The Kier molecular flexibility index (Phi) is 6.17. The van der Waals surface area contributed by atoms with Gasteiger partial charge in [0.2, 0.25) is 0 Å². The summed E-state index contributed by atoms with van der Waals surface area (Å²) in [6.45, 7) is -3.55. The average molecular weight is 488 g/mol. The number of alkyl halides is 3. The van der Waals surface area contributed by atoms with Gasteiger partial charge in [0.1, 0.15) is 36.6 Å². The van der Waals surface area contributed by atoms with Gasteiger partial charge in [-0.05, 0) is 29.8 Å². The number of halogens is 4. The van der Waals surface area contributed by atoms with Crippen molar-refractivity contribution in [2.24, 2.45) is 0 Å². The molecule has 0 N–H and O–H groups in total. The number of carbonyl (C=O) groups excluding carboxylic acids is 1. The van der Waals surface area contributed by atoms with Crippen molar-refractivity contribution in [3.05, 3.63) is 53.5 Å². The fourth-order valence-electron chi connectivity index (χ4n) is 3.91. The van der Waals surface area contributed by atoms with Gasteiger partial charge in [0.15, 0.2) is 5.75 Å². The number of piperidine rings is 1. The van der Waals surface area contributed by atoms with Crippen LogP contribution in [0, 0.1) is 5.82 Å². The molecule has 34 heavy (non-hydrogen) atoms. The molecule has 8 nitrogen and oxygen atoms in total. The number of benzene rings is 1. The summed E-state index contributed by atoms with van der Waals surface area (Å²) in [5.41, 5.74) is -0.924. The summed E-state index contributed by atoms with van der Waals surface area (Å²) in [5.74, 6) is -1.14. The van der Waals surface area contributed by atoms with Crippen LogP contribution < -0.4 is 9.47 Å². The molecule has 3 heterocycles. The van der Waals surface area contributed by atoms with Crippen molar-refractivity contribution in [1.82, 2.24) is 9.88 Å². The van der Waals surface area contributed by atoms with Crippen LogP contribution in [-0.4, -0.2) is 68.4 Å². The second-order valence-electron chi connectivity index (χ2n) is 7.54. The lowest BCUT2D eigenvalue weighted by atomic mass is 9.82. The van der Waals surface area contributed by atoms with Gasteiger partial charge in [0.05, 0.1) is 23.0 Å². The predicted octanol–water partition coefficient (Wildman–Crippen LogP) is 3.26. The minimum absolute atomic E-state index is 0.0179. The Balaban J connectivity index is 1.48. The number of pyridine rings is 1. The highest BCUT2D eigenvalue weighted by Gasteiger charge is 2.51. The van der Waals surface area contributed by atoms with E-state index < -0.39 is 49.8 Å². The molecule has 1 amide bonds. The number of carbonyl (C=O) groups is 1. The van der Waals surface area contributed by atoms with E-state index in [-0.39, 0.29) is 36.8 Å². The van der Waals surface area contributed by atoms with E-state index in [1.54, 1.807) is 6.07 Å². The molecule has 2 atom stereocenters. The maximum absolute atomic E-state index is 13.9. The van der Waals surface area contributed by atoms with Gasteiger partial charge < -0.3 is 23.8 Å². The van der Waals surface area contributed by atoms with Crippen LogP contribution in [0.2, 0.25) is 0 Å². The Morgan fingerprint density at radius 2 is 2.15 bits per heavy atom. The molecule has 0 bridgehead atoms. The van der Waals surface area contributed by atoms with Gasteiger partial charge >= 0.3 is 6.36 Å². The summed E-state index contributed by atoms with van der Waals surface area (Å²) in [5, 5.41) is 0. The third-order valence-electron chi connectivity index (χ3n) is 5.52. The minimum Gasteiger partial charge on any atom is -0.486 e. The summed E-state index contributed by atoms with van der Waals surface area (Å²) in [4.78, 5) is 18.7. The third-order valence-corrected chi connectivity index (χ3v) is 5.52. The predicted molar refractivity (Wildman–Crippen MR) is 108 cm³/mol. The van der Waals surface area contributed by atoms with Gasteiger partial charge in [-0.3, -0.25) is 9.53 Å². The van der Waals surface area contributed by atoms with Crippen LogP contribution >= 0.6 is 0 Å². The summed E-state index contributed by atoms with van der Waals surface area (Å²) < 4.78 is 91.1. The lowest BCUT2D eigenvalue weighted by Gasteiger charge is -2.41. The molecule has 2 aliphatic heterocycles. The van der Waals surface area contributed by atoms with Crippen LogP contribution in [0.4, 0.5) is 17.6 Å². The molecule has 4 rings (SSSR count). The quantitative estimate of drug-likeness (QED) is 0.437. The number of hydrogen-bond acceptors (Lipinski definition) is 7. The molecule has 1 aromatic carbocycles. The van der Waals surface area contributed by atoms with Crippen molar-refractivity contribution >= 4 is 5.91 Å². The Morgan fingerprint density at radius 1 is 1.32 bits per heavy atom. The first-order valence-corrected chi connectivity index (χ1v) is 10.2. The van der Waals surface area contributed by atoms with Crippen molar-refractivity contribution in [3.63, 3.8) is 0 Å². The highest BCUT2D eigenvalue weighted by atomic mass is 19.4. The molecule has 2 fully saturated rings. The number of hydrogen-bond donors (Lipinski definition) is 0. The van der Waals surface area contributed by atoms with Crippen LogP contribution in [0.25, 0.3) is 0 Å². The molecule has 1 aromatic heterocycles. The van der Waals surface area contributed by atoms with Gasteiger partial charge in [-0.1, -0.05) is 12.1 Å². The van der Waals surface area contributed by atoms with Gasteiger partial charge in [-0.2, -0.15) is 0 Å². The molecule has 12 heteroatoms. The topological polar surface area (TPSA) is 79.4 Å².